The van der Waals surface area contributed by atoms with Gasteiger partial charge in [-0.05, 0) is 22.8 Å². The molecule has 3 aromatic carbocycles. The molecule has 3 rings (SSSR count). The number of non-ortho nitro benzene ring substituents is 1. The van der Waals surface area contributed by atoms with E-state index in [2.05, 4.69) is 5.32 Å². The first-order valence-corrected chi connectivity index (χ1v) is 9.48. The lowest BCUT2D eigenvalue weighted by molar-refractivity contribution is -0.384. The lowest BCUT2D eigenvalue weighted by Crippen LogP contribution is -2.42. The van der Waals surface area contributed by atoms with E-state index in [1.54, 1.807) is 12.1 Å². The standard InChI is InChI=1S/C24H22N2O4/c27-23(15-14-19-10-7-13-22(16-19)26(29)30)25-18-24(28,21-11-5-2-6-12-21)17-20-8-3-1-4-9-20/h1-16,28H,17-18H2,(H,25,27)/b15-14+/t24-/m1/s1. The summed E-state index contributed by atoms with van der Waals surface area (Å²) < 4.78 is 0. The summed E-state index contributed by atoms with van der Waals surface area (Å²) in [4.78, 5) is 22.7. The molecule has 0 fully saturated rings. The van der Waals surface area contributed by atoms with E-state index in [-0.39, 0.29) is 12.2 Å². The Balaban J connectivity index is 1.71. The van der Waals surface area contributed by atoms with Crippen LogP contribution in [0, 0.1) is 10.1 Å². The molecule has 6 nitrogen and oxygen atoms in total. The van der Waals surface area contributed by atoms with Crippen molar-refractivity contribution in [3.05, 3.63) is 118 Å². The summed E-state index contributed by atoms with van der Waals surface area (Å²) in [7, 11) is 0. The molecule has 0 aliphatic rings. The van der Waals surface area contributed by atoms with Gasteiger partial charge in [0.2, 0.25) is 5.91 Å². The lowest BCUT2D eigenvalue weighted by atomic mass is 9.87. The van der Waals surface area contributed by atoms with Crippen LogP contribution in [0.2, 0.25) is 0 Å². The second-order valence-corrected chi connectivity index (χ2v) is 6.96. The third kappa shape index (κ3) is 5.62. The summed E-state index contributed by atoms with van der Waals surface area (Å²) in [5.41, 5.74) is 0.875. The number of nitrogens with one attached hydrogen (secondary N) is 1. The van der Waals surface area contributed by atoms with E-state index in [0.717, 1.165) is 5.56 Å². The number of benzene rings is 3. The normalized spacial score (nSPS) is 13.0. The van der Waals surface area contributed by atoms with E-state index in [1.807, 2.05) is 60.7 Å². The van der Waals surface area contributed by atoms with Gasteiger partial charge in [0.25, 0.3) is 5.69 Å². The minimum Gasteiger partial charge on any atom is -0.383 e. The van der Waals surface area contributed by atoms with Gasteiger partial charge in [-0.2, -0.15) is 0 Å². The molecule has 0 spiro atoms. The van der Waals surface area contributed by atoms with Crippen LogP contribution in [0.1, 0.15) is 16.7 Å². The van der Waals surface area contributed by atoms with Crippen molar-refractivity contribution in [2.45, 2.75) is 12.0 Å². The third-order valence-electron chi connectivity index (χ3n) is 4.71. The first-order valence-electron chi connectivity index (χ1n) is 9.48. The van der Waals surface area contributed by atoms with Crippen molar-refractivity contribution < 1.29 is 14.8 Å². The zero-order valence-corrected chi connectivity index (χ0v) is 16.3. The van der Waals surface area contributed by atoms with Gasteiger partial charge in [0.15, 0.2) is 0 Å². The lowest BCUT2D eigenvalue weighted by Gasteiger charge is -2.29. The highest BCUT2D eigenvalue weighted by Gasteiger charge is 2.29. The maximum Gasteiger partial charge on any atom is 0.270 e. The van der Waals surface area contributed by atoms with Gasteiger partial charge in [-0.1, -0.05) is 72.8 Å². The van der Waals surface area contributed by atoms with Gasteiger partial charge < -0.3 is 10.4 Å². The quantitative estimate of drug-likeness (QED) is 0.340. The van der Waals surface area contributed by atoms with Crippen LogP contribution in [-0.4, -0.2) is 22.5 Å². The fraction of sp³-hybridized carbons (Fsp3) is 0.125. The smallest absolute Gasteiger partial charge is 0.270 e. The number of rotatable bonds is 8. The van der Waals surface area contributed by atoms with Crippen molar-refractivity contribution in [2.75, 3.05) is 6.54 Å². The number of hydrogen-bond donors (Lipinski definition) is 2. The topological polar surface area (TPSA) is 92.5 Å². The zero-order valence-electron chi connectivity index (χ0n) is 16.3. The third-order valence-corrected chi connectivity index (χ3v) is 4.71. The molecule has 30 heavy (non-hydrogen) atoms. The maximum atomic E-state index is 12.3. The van der Waals surface area contributed by atoms with Crippen LogP contribution in [0.25, 0.3) is 6.08 Å². The number of carbonyl (C=O) groups is 1. The van der Waals surface area contributed by atoms with Crippen LogP contribution in [-0.2, 0) is 16.8 Å². The number of carbonyl (C=O) groups excluding carboxylic acids is 1. The molecule has 0 saturated heterocycles. The predicted octanol–water partition coefficient (Wildman–Crippen LogP) is 3.85. The van der Waals surface area contributed by atoms with E-state index in [0.29, 0.717) is 17.5 Å². The summed E-state index contributed by atoms with van der Waals surface area (Å²) in [6.07, 6.45) is 3.14. The van der Waals surface area contributed by atoms with Crippen LogP contribution < -0.4 is 5.32 Å². The summed E-state index contributed by atoms with van der Waals surface area (Å²) >= 11 is 0. The Morgan fingerprint density at radius 2 is 1.67 bits per heavy atom. The minimum absolute atomic E-state index is 0.0179. The molecule has 0 aliphatic carbocycles. The Morgan fingerprint density at radius 1 is 1.00 bits per heavy atom. The number of amides is 1. The Hall–Kier alpha value is -3.77. The Morgan fingerprint density at radius 3 is 2.33 bits per heavy atom. The molecule has 0 aromatic heterocycles. The second kappa shape index (κ2) is 9.62. The van der Waals surface area contributed by atoms with Gasteiger partial charge in [0.05, 0.1) is 11.5 Å². The van der Waals surface area contributed by atoms with Crippen molar-refractivity contribution in [3.63, 3.8) is 0 Å². The molecule has 0 radical (unpaired) electrons. The molecule has 6 heteroatoms. The highest BCUT2D eigenvalue weighted by atomic mass is 16.6. The highest BCUT2D eigenvalue weighted by molar-refractivity contribution is 5.91. The van der Waals surface area contributed by atoms with Crippen LogP contribution in [0.3, 0.4) is 0 Å². The highest BCUT2D eigenvalue weighted by Crippen LogP contribution is 2.25. The molecule has 152 valence electrons. The van der Waals surface area contributed by atoms with Crippen molar-refractivity contribution in [3.8, 4) is 0 Å². The monoisotopic (exact) mass is 402 g/mol. The van der Waals surface area contributed by atoms with Crippen LogP contribution in [0.15, 0.2) is 91.0 Å². The maximum absolute atomic E-state index is 12.3. The Kier molecular flexibility index (Phi) is 6.72. The molecule has 2 N–H and O–H groups in total. The van der Waals surface area contributed by atoms with E-state index in [1.165, 1.54) is 24.3 Å². The summed E-state index contributed by atoms with van der Waals surface area (Å²) in [5, 5.41) is 25.0. The van der Waals surface area contributed by atoms with Gasteiger partial charge in [-0.15, -0.1) is 0 Å². The van der Waals surface area contributed by atoms with Crippen molar-refractivity contribution in [1.82, 2.24) is 5.32 Å². The summed E-state index contributed by atoms with van der Waals surface area (Å²) in [6.45, 7) is 0.0179. The summed E-state index contributed by atoms with van der Waals surface area (Å²) in [6, 6.07) is 24.8. The van der Waals surface area contributed by atoms with Crippen LogP contribution in [0.4, 0.5) is 5.69 Å². The largest absolute Gasteiger partial charge is 0.383 e. The van der Waals surface area contributed by atoms with Crippen LogP contribution in [0.5, 0.6) is 0 Å². The molecule has 0 heterocycles. The molecule has 3 aromatic rings. The fourth-order valence-electron chi connectivity index (χ4n) is 3.15. The van der Waals surface area contributed by atoms with Gasteiger partial charge in [0, 0.05) is 24.6 Å². The van der Waals surface area contributed by atoms with Crippen LogP contribution >= 0.6 is 0 Å². The van der Waals surface area contributed by atoms with Crippen molar-refractivity contribution in [1.29, 1.82) is 0 Å². The van der Waals surface area contributed by atoms with Gasteiger partial charge in [-0.3, -0.25) is 14.9 Å². The van der Waals surface area contributed by atoms with Crippen molar-refractivity contribution >= 4 is 17.7 Å². The predicted molar refractivity (Wildman–Crippen MR) is 116 cm³/mol. The SMILES string of the molecule is O=C(/C=C/c1cccc([N+](=O)[O-])c1)NC[C@](O)(Cc1ccccc1)c1ccccc1. The van der Waals surface area contributed by atoms with E-state index in [4.69, 9.17) is 0 Å². The Bertz CT molecular complexity index is 1040. The average Bonchev–Trinajstić information content (AvgIpc) is 2.78. The van der Waals surface area contributed by atoms with E-state index in [9.17, 15) is 20.0 Å². The summed E-state index contributed by atoms with van der Waals surface area (Å²) in [5.74, 6) is -0.399. The molecule has 0 saturated carbocycles. The second-order valence-electron chi connectivity index (χ2n) is 6.96. The number of aliphatic hydroxyl groups is 1. The molecular formula is C24H22N2O4. The average molecular weight is 402 g/mol. The zero-order chi connectivity index (χ0) is 21.4. The van der Waals surface area contributed by atoms with Crippen molar-refractivity contribution in [2.24, 2.45) is 0 Å². The molecule has 0 aliphatic heterocycles. The Labute approximate surface area is 174 Å². The van der Waals surface area contributed by atoms with E-state index >= 15 is 0 Å². The number of nitrogens with zero attached hydrogens (tertiary/aromatic N) is 1. The fourth-order valence-corrected chi connectivity index (χ4v) is 3.15. The number of hydrogen-bond acceptors (Lipinski definition) is 4. The van der Waals surface area contributed by atoms with Gasteiger partial charge in [0.1, 0.15) is 5.60 Å². The first-order chi connectivity index (χ1) is 14.5. The molecule has 0 unspecified atom stereocenters. The molecule has 0 bridgehead atoms. The van der Waals surface area contributed by atoms with E-state index < -0.39 is 16.4 Å². The van der Waals surface area contributed by atoms with Gasteiger partial charge >= 0.3 is 0 Å². The molecule has 1 amide bonds. The number of nitro benzene ring substituents is 1. The number of nitro groups is 1. The van der Waals surface area contributed by atoms with Gasteiger partial charge in [-0.25, -0.2) is 0 Å². The molecular weight excluding hydrogens is 380 g/mol. The molecule has 1 atom stereocenters. The first kappa shape index (κ1) is 21.0. The minimum atomic E-state index is -1.28.